The maximum absolute atomic E-state index is 5.38. The van der Waals surface area contributed by atoms with Crippen molar-refractivity contribution < 1.29 is 0 Å². The molecule has 0 aliphatic carbocycles. The van der Waals surface area contributed by atoms with E-state index >= 15 is 0 Å². The van der Waals surface area contributed by atoms with Gasteiger partial charge in [0.25, 0.3) is 0 Å². The van der Waals surface area contributed by atoms with Gasteiger partial charge in [-0.15, -0.1) is 12.3 Å². The molecule has 0 aromatic heterocycles. The molecule has 0 heteroatoms. The van der Waals surface area contributed by atoms with Crippen molar-refractivity contribution in [3.63, 3.8) is 0 Å². The summed E-state index contributed by atoms with van der Waals surface area (Å²) in [7, 11) is 0. The van der Waals surface area contributed by atoms with Crippen LogP contribution in [0.4, 0.5) is 0 Å². The molecular formula is C11H20. The van der Waals surface area contributed by atoms with E-state index < -0.39 is 0 Å². The average molecular weight is 152 g/mol. The topological polar surface area (TPSA) is 0 Å². The Morgan fingerprint density at radius 3 is 2.09 bits per heavy atom. The molecule has 0 aliphatic heterocycles. The fraction of sp³-hybridized carbons (Fsp3) is 0.818. The Kier molecular flexibility index (Phi) is 5.03. The molecule has 0 spiro atoms. The van der Waals surface area contributed by atoms with E-state index in [0.717, 1.165) is 18.3 Å². The lowest BCUT2D eigenvalue weighted by molar-refractivity contribution is 0.350. The predicted molar refractivity (Wildman–Crippen MR) is 51.2 cm³/mol. The molecule has 0 radical (unpaired) electrons. The lowest BCUT2D eigenvalue weighted by Crippen LogP contribution is -2.09. The molecule has 0 amide bonds. The van der Waals surface area contributed by atoms with Crippen LogP contribution in [0.5, 0.6) is 0 Å². The molecule has 11 heavy (non-hydrogen) atoms. The highest BCUT2D eigenvalue weighted by atomic mass is 14.2. The highest BCUT2D eigenvalue weighted by Gasteiger charge is 2.11. The lowest BCUT2D eigenvalue weighted by atomic mass is 9.87. The fourth-order valence-electron chi connectivity index (χ4n) is 1.07. The first-order valence-electron chi connectivity index (χ1n) is 4.57. The molecule has 0 fully saturated rings. The van der Waals surface area contributed by atoms with Crippen molar-refractivity contribution >= 4 is 0 Å². The SMILES string of the molecule is C#CC(CC)CC(C)C(C)C. The van der Waals surface area contributed by atoms with Crippen molar-refractivity contribution in [2.75, 3.05) is 0 Å². The standard InChI is InChI=1S/C11H20/c1-6-11(7-2)8-10(5)9(3)4/h1,9-11H,7-8H2,2-5H3. The van der Waals surface area contributed by atoms with E-state index in [4.69, 9.17) is 6.42 Å². The molecule has 0 saturated carbocycles. The second-order valence-corrected chi connectivity index (χ2v) is 3.73. The van der Waals surface area contributed by atoms with Crippen LogP contribution in [0.1, 0.15) is 40.5 Å². The molecular weight excluding hydrogens is 132 g/mol. The molecule has 0 saturated heterocycles. The van der Waals surface area contributed by atoms with Crippen molar-refractivity contribution in [2.24, 2.45) is 17.8 Å². The van der Waals surface area contributed by atoms with E-state index in [1.54, 1.807) is 0 Å². The minimum Gasteiger partial charge on any atom is -0.120 e. The Morgan fingerprint density at radius 2 is 1.82 bits per heavy atom. The highest BCUT2D eigenvalue weighted by Crippen LogP contribution is 2.20. The Morgan fingerprint density at radius 1 is 1.27 bits per heavy atom. The van der Waals surface area contributed by atoms with Gasteiger partial charge in [-0.05, 0) is 24.7 Å². The molecule has 0 aromatic rings. The molecule has 0 bridgehead atoms. The number of hydrogen-bond acceptors (Lipinski definition) is 0. The first-order valence-corrected chi connectivity index (χ1v) is 4.57. The first kappa shape index (κ1) is 10.6. The van der Waals surface area contributed by atoms with Crippen molar-refractivity contribution in [3.8, 4) is 12.3 Å². The third kappa shape index (κ3) is 4.09. The van der Waals surface area contributed by atoms with Crippen LogP contribution < -0.4 is 0 Å². The van der Waals surface area contributed by atoms with Gasteiger partial charge in [0.2, 0.25) is 0 Å². The summed E-state index contributed by atoms with van der Waals surface area (Å²) in [6, 6.07) is 0. The maximum Gasteiger partial charge on any atom is 0.0200 e. The van der Waals surface area contributed by atoms with Gasteiger partial charge in [-0.3, -0.25) is 0 Å². The first-order chi connectivity index (χ1) is 5.11. The second-order valence-electron chi connectivity index (χ2n) is 3.73. The van der Waals surface area contributed by atoms with Crippen LogP contribution >= 0.6 is 0 Å². The van der Waals surface area contributed by atoms with Crippen LogP contribution in [0.3, 0.4) is 0 Å². The van der Waals surface area contributed by atoms with Crippen LogP contribution in [-0.2, 0) is 0 Å². The largest absolute Gasteiger partial charge is 0.120 e. The van der Waals surface area contributed by atoms with Crippen LogP contribution in [0.25, 0.3) is 0 Å². The Hall–Kier alpha value is -0.440. The van der Waals surface area contributed by atoms with Crippen LogP contribution in [0.2, 0.25) is 0 Å². The normalized spacial score (nSPS) is 16.0. The van der Waals surface area contributed by atoms with Crippen molar-refractivity contribution in [1.82, 2.24) is 0 Å². The second kappa shape index (κ2) is 5.24. The Bertz CT molecular complexity index is 127. The monoisotopic (exact) mass is 152 g/mol. The van der Waals surface area contributed by atoms with E-state index in [1.165, 1.54) is 6.42 Å². The van der Waals surface area contributed by atoms with E-state index in [-0.39, 0.29) is 0 Å². The van der Waals surface area contributed by atoms with Crippen LogP contribution in [0.15, 0.2) is 0 Å². The molecule has 2 unspecified atom stereocenters. The summed E-state index contributed by atoms with van der Waals surface area (Å²) in [6.07, 6.45) is 7.69. The highest BCUT2D eigenvalue weighted by molar-refractivity contribution is 4.92. The lowest BCUT2D eigenvalue weighted by Gasteiger charge is -2.18. The van der Waals surface area contributed by atoms with Crippen molar-refractivity contribution in [1.29, 1.82) is 0 Å². The van der Waals surface area contributed by atoms with Gasteiger partial charge >= 0.3 is 0 Å². The summed E-state index contributed by atoms with van der Waals surface area (Å²) >= 11 is 0. The molecule has 0 rings (SSSR count). The molecule has 2 atom stereocenters. The Balaban J connectivity index is 3.74. The molecule has 0 aliphatic rings. The zero-order valence-electron chi connectivity index (χ0n) is 8.22. The smallest absolute Gasteiger partial charge is 0.0200 e. The zero-order valence-corrected chi connectivity index (χ0v) is 8.22. The fourth-order valence-corrected chi connectivity index (χ4v) is 1.07. The van der Waals surface area contributed by atoms with Gasteiger partial charge in [0.1, 0.15) is 0 Å². The quantitative estimate of drug-likeness (QED) is 0.542. The molecule has 0 aromatic carbocycles. The van der Waals surface area contributed by atoms with Gasteiger partial charge in [0.15, 0.2) is 0 Å². The summed E-state index contributed by atoms with van der Waals surface area (Å²) in [5, 5.41) is 0. The molecule has 64 valence electrons. The summed E-state index contributed by atoms with van der Waals surface area (Å²) < 4.78 is 0. The van der Waals surface area contributed by atoms with Gasteiger partial charge in [-0.2, -0.15) is 0 Å². The van der Waals surface area contributed by atoms with Gasteiger partial charge in [-0.25, -0.2) is 0 Å². The third-order valence-corrected chi connectivity index (χ3v) is 2.52. The summed E-state index contributed by atoms with van der Waals surface area (Å²) in [5.41, 5.74) is 0. The zero-order chi connectivity index (χ0) is 8.85. The van der Waals surface area contributed by atoms with E-state index in [2.05, 4.69) is 33.6 Å². The summed E-state index contributed by atoms with van der Waals surface area (Å²) in [4.78, 5) is 0. The van der Waals surface area contributed by atoms with Crippen molar-refractivity contribution in [3.05, 3.63) is 0 Å². The van der Waals surface area contributed by atoms with Gasteiger partial charge in [-0.1, -0.05) is 27.7 Å². The maximum atomic E-state index is 5.38. The minimum absolute atomic E-state index is 0.493. The van der Waals surface area contributed by atoms with E-state index in [1.807, 2.05) is 0 Å². The summed E-state index contributed by atoms with van der Waals surface area (Å²) in [5.74, 6) is 4.85. The van der Waals surface area contributed by atoms with Gasteiger partial charge < -0.3 is 0 Å². The van der Waals surface area contributed by atoms with Gasteiger partial charge in [0, 0.05) is 5.92 Å². The Labute approximate surface area is 71.4 Å². The average Bonchev–Trinajstić information content (AvgIpc) is 1.99. The summed E-state index contributed by atoms with van der Waals surface area (Å²) in [6.45, 7) is 8.96. The number of hydrogen-bond donors (Lipinski definition) is 0. The van der Waals surface area contributed by atoms with E-state index in [9.17, 15) is 0 Å². The number of rotatable bonds is 4. The predicted octanol–water partition coefficient (Wildman–Crippen LogP) is 3.33. The molecule has 0 heterocycles. The van der Waals surface area contributed by atoms with Crippen LogP contribution in [-0.4, -0.2) is 0 Å². The van der Waals surface area contributed by atoms with Crippen molar-refractivity contribution in [2.45, 2.75) is 40.5 Å². The van der Waals surface area contributed by atoms with Gasteiger partial charge in [0.05, 0.1) is 0 Å². The molecule has 0 nitrogen and oxygen atoms in total. The van der Waals surface area contributed by atoms with E-state index in [0.29, 0.717) is 5.92 Å². The number of terminal acetylenes is 1. The minimum atomic E-state index is 0.493. The molecule has 0 N–H and O–H groups in total. The third-order valence-electron chi connectivity index (χ3n) is 2.52. The van der Waals surface area contributed by atoms with Crippen LogP contribution in [0, 0.1) is 30.1 Å².